The summed E-state index contributed by atoms with van der Waals surface area (Å²) >= 11 is 1.67. The van der Waals surface area contributed by atoms with E-state index in [4.69, 9.17) is 10.8 Å². The second-order valence-corrected chi connectivity index (χ2v) is 4.17. The molecule has 0 saturated carbocycles. The number of nitrogens with two attached hydrogens (primary N) is 1. The molecule has 0 aromatic rings. The summed E-state index contributed by atoms with van der Waals surface area (Å²) in [7, 11) is 0. The van der Waals surface area contributed by atoms with Crippen LogP contribution in [0.25, 0.3) is 0 Å². The van der Waals surface area contributed by atoms with Crippen LogP contribution in [0.5, 0.6) is 0 Å². The summed E-state index contributed by atoms with van der Waals surface area (Å²) in [4.78, 5) is 11.4. The summed E-state index contributed by atoms with van der Waals surface area (Å²) in [6.45, 7) is 1.88. The van der Waals surface area contributed by atoms with Gasteiger partial charge in [0.15, 0.2) is 0 Å². The Labute approximate surface area is 89.6 Å². The van der Waals surface area contributed by atoms with Crippen LogP contribution >= 0.6 is 11.8 Å². The minimum absolute atomic E-state index is 0.0303. The van der Waals surface area contributed by atoms with E-state index >= 15 is 0 Å². The SMILES string of the molecule is CC[C@@H](CO)NC(=O)[C@H](N)CCSC. The molecular weight excluding hydrogens is 200 g/mol. The molecule has 0 radical (unpaired) electrons. The average Bonchev–Trinajstić information content (AvgIpc) is 2.21. The molecule has 0 rings (SSSR count). The van der Waals surface area contributed by atoms with E-state index < -0.39 is 6.04 Å². The van der Waals surface area contributed by atoms with E-state index in [2.05, 4.69) is 5.32 Å². The molecule has 4 nitrogen and oxygen atoms in total. The first-order valence-electron chi connectivity index (χ1n) is 4.81. The number of hydrogen-bond acceptors (Lipinski definition) is 4. The van der Waals surface area contributed by atoms with Crippen LogP contribution in [0, 0.1) is 0 Å². The lowest BCUT2D eigenvalue weighted by molar-refractivity contribution is -0.123. The first-order chi connectivity index (χ1) is 6.65. The Hall–Kier alpha value is -0.260. The maximum Gasteiger partial charge on any atom is 0.237 e. The van der Waals surface area contributed by atoms with Gasteiger partial charge in [-0.05, 0) is 24.9 Å². The van der Waals surface area contributed by atoms with Crippen molar-refractivity contribution in [2.75, 3.05) is 18.6 Å². The molecule has 0 aliphatic carbocycles. The largest absolute Gasteiger partial charge is 0.394 e. The lowest BCUT2D eigenvalue weighted by atomic mass is 10.2. The highest BCUT2D eigenvalue weighted by Gasteiger charge is 2.15. The fourth-order valence-electron chi connectivity index (χ4n) is 0.961. The molecule has 14 heavy (non-hydrogen) atoms. The predicted octanol–water partition coefficient (Wildman–Crippen LogP) is -0.0461. The van der Waals surface area contributed by atoms with Gasteiger partial charge in [0, 0.05) is 0 Å². The van der Waals surface area contributed by atoms with Crippen molar-refractivity contribution < 1.29 is 9.90 Å². The van der Waals surface area contributed by atoms with Crippen molar-refractivity contribution >= 4 is 17.7 Å². The number of carbonyl (C=O) groups excluding carboxylic acids is 1. The van der Waals surface area contributed by atoms with Crippen LogP contribution < -0.4 is 11.1 Å². The van der Waals surface area contributed by atoms with Crippen LogP contribution in [0.4, 0.5) is 0 Å². The zero-order chi connectivity index (χ0) is 11.0. The second-order valence-electron chi connectivity index (χ2n) is 3.18. The second kappa shape index (κ2) is 8.08. The maximum absolute atomic E-state index is 11.4. The Morgan fingerprint density at radius 2 is 2.29 bits per heavy atom. The van der Waals surface area contributed by atoms with E-state index in [0.717, 1.165) is 12.2 Å². The van der Waals surface area contributed by atoms with Crippen LogP contribution in [0.1, 0.15) is 19.8 Å². The van der Waals surface area contributed by atoms with E-state index in [1.807, 2.05) is 13.2 Å². The Balaban J connectivity index is 3.81. The average molecular weight is 220 g/mol. The third kappa shape index (κ3) is 5.47. The van der Waals surface area contributed by atoms with Gasteiger partial charge in [0.1, 0.15) is 0 Å². The lowest BCUT2D eigenvalue weighted by Gasteiger charge is -2.17. The highest BCUT2D eigenvalue weighted by atomic mass is 32.2. The zero-order valence-corrected chi connectivity index (χ0v) is 9.64. The molecule has 0 aromatic carbocycles. The summed E-state index contributed by atoms with van der Waals surface area (Å²) in [6, 6.07) is -0.620. The topological polar surface area (TPSA) is 75.3 Å². The number of aliphatic hydroxyl groups is 1. The molecule has 2 atom stereocenters. The third-order valence-corrected chi connectivity index (χ3v) is 2.67. The van der Waals surface area contributed by atoms with Gasteiger partial charge in [-0.3, -0.25) is 4.79 Å². The van der Waals surface area contributed by atoms with Crippen LogP contribution in [0.15, 0.2) is 0 Å². The van der Waals surface area contributed by atoms with Gasteiger partial charge in [-0.25, -0.2) is 0 Å². The van der Waals surface area contributed by atoms with Crippen molar-refractivity contribution in [3.63, 3.8) is 0 Å². The molecule has 0 saturated heterocycles. The van der Waals surface area contributed by atoms with Gasteiger partial charge < -0.3 is 16.2 Å². The monoisotopic (exact) mass is 220 g/mol. The number of amides is 1. The lowest BCUT2D eigenvalue weighted by Crippen LogP contribution is -2.46. The molecule has 0 spiro atoms. The zero-order valence-electron chi connectivity index (χ0n) is 8.82. The molecule has 0 aliphatic heterocycles. The smallest absolute Gasteiger partial charge is 0.237 e. The highest BCUT2D eigenvalue weighted by molar-refractivity contribution is 7.98. The van der Waals surface area contributed by atoms with E-state index in [-0.39, 0.29) is 18.6 Å². The van der Waals surface area contributed by atoms with Crippen LogP contribution in [-0.2, 0) is 4.79 Å². The summed E-state index contributed by atoms with van der Waals surface area (Å²) in [6.07, 6.45) is 3.37. The van der Waals surface area contributed by atoms with E-state index in [1.54, 1.807) is 11.8 Å². The van der Waals surface area contributed by atoms with Crippen LogP contribution in [0.3, 0.4) is 0 Å². The minimum Gasteiger partial charge on any atom is -0.394 e. The Bertz CT molecular complexity index is 163. The molecule has 84 valence electrons. The highest BCUT2D eigenvalue weighted by Crippen LogP contribution is 1.99. The summed E-state index contributed by atoms with van der Waals surface area (Å²) in [5.74, 6) is 0.713. The molecular formula is C9H20N2O2S. The normalized spacial score (nSPS) is 14.9. The van der Waals surface area contributed by atoms with Gasteiger partial charge in [0.25, 0.3) is 0 Å². The van der Waals surface area contributed by atoms with Crippen molar-refractivity contribution in [1.29, 1.82) is 0 Å². The summed E-state index contributed by atoms with van der Waals surface area (Å²) in [5.41, 5.74) is 5.65. The number of rotatable bonds is 7. The minimum atomic E-state index is -0.456. The van der Waals surface area contributed by atoms with Crippen molar-refractivity contribution in [3.05, 3.63) is 0 Å². The van der Waals surface area contributed by atoms with Crippen molar-refractivity contribution in [2.45, 2.75) is 31.8 Å². The molecule has 1 amide bonds. The van der Waals surface area contributed by atoms with E-state index in [1.165, 1.54) is 0 Å². The van der Waals surface area contributed by atoms with Gasteiger partial charge >= 0.3 is 0 Å². The molecule has 0 heterocycles. The number of carbonyl (C=O) groups is 1. The predicted molar refractivity (Wildman–Crippen MR) is 60.3 cm³/mol. The van der Waals surface area contributed by atoms with Crippen molar-refractivity contribution in [3.8, 4) is 0 Å². The maximum atomic E-state index is 11.4. The van der Waals surface area contributed by atoms with E-state index in [0.29, 0.717) is 6.42 Å². The fourth-order valence-corrected chi connectivity index (χ4v) is 1.45. The van der Waals surface area contributed by atoms with Gasteiger partial charge in [0.2, 0.25) is 5.91 Å². The Morgan fingerprint density at radius 1 is 1.64 bits per heavy atom. The summed E-state index contributed by atoms with van der Waals surface area (Å²) in [5, 5.41) is 11.6. The first kappa shape index (κ1) is 13.7. The van der Waals surface area contributed by atoms with Gasteiger partial charge in [-0.2, -0.15) is 11.8 Å². The fraction of sp³-hybridized carbons (Fsp3) is 0.889. The molecule has 0 bridgehead atoms. The van der Waals surface area contributed by atoms with Crippen LogP contribution in [-0.4, -0.2) is 41.7 Å². The molecule has 5 heteroatoms. The van der Waals surface area contributed by atoms with Gasteiger partial charge in [-0.1, -0.05) is 6.92 Å². The number of aliphatic hydroxyl groups excluding tert-OH is 1. The third-order valence-electron chi connectivity index (χ3n) is 2.03. The Morgan fingerprint density at radius 3 is 2.71 bits per heavy atom. The van der Waals surface area contributed by atoms with Gasteiger partial charge in [0.05, 0.1) is 18.7 Å². The number of hydrogen-bond donors (Lipinski definition) is 3. The van der Waals surface area contributed by atoms with E-state index in [9.17, 15) is 4.79 Å². The quantitative estimate of drug-likeness (QED) is 0.562. The first-order valence-corrected chi connectivity index (χ1v) is 6.20. The number of nitrogens with one attached hydrogen (secondary N) is 1. The molecule has 4 N–H and O–H groups in total. The van der Waals surface area contributed by atoms with Gasteiger partial charge in [-0.15, -0.1) is 0 Å². The molecule has 0 aromatic heterocycles. The van der Waals surface area contributed by atoms with Crippen molar-refractivity contribution in [2.24, 2.45) is 5.73 Å². The molecule has 0 unspecified atom stereocenters. The molecule has 0 aliphatic rings. The number of thioether (sulfide) groups is 1. The van der Waals surface area contributed by atoms with Crippen LogP contribution in [0.2, 0.25) is 0 Å². The summed E-state index contributed by atoms with van der Waals surface area (Å²) < 4.78 is 0. The Kier molecular flexibility index (Phi) is 7.93. The standard InChI is InChI=1S/C9H20N2O2S/c1-3-7(6-12)11-9(13)8(10)4-5-14-2/h7-8,12H,3-6,10H2,1-2H3,(H,11,13)/t7-,8+/m0/s1. The molecule has 0 fully saturated rings. The van der Waals surface area contributed by atoms with Crippen molar-refractivity contribution in [1.82, 2.24) is 5.32 Å².